The molecule has 0 saturated heterocycles. The topological polar surface area (TPSA) is 86.2 Å². The van der Waals surface area contributed by atoms with Gasteiger partial charge in [0.25, 0.3) is 0 Å². The first-order valence-electron chi connectivity index (χ1n) is 5.29. The minimum absolute atomic E-state index is 0.127. The van der Waals surface area contributed by atoms with Crippen LogP contribution in [0.4, 0.5) is 0 Å². The third-order valence-electron chi connectivity index (χ3n) is 2.39. The second kappa shape index (κ2) is 4.19. The van der Waals surface area contributed by atoms with Crippen LogP contribution in [0.3, 0.4) is 0 Å². The van der Waals surface area contributed by atoms with E-state index in [4.69, 9.17) is 5.73 Å². The van der Waals surface area contributed by atoms with E-state index in [1.165, 1.54) is 11.3 Å². The number of hydrogen-bond donors (Lipinski definition) is 1. The van der Waals surface area contributed by atoms with E-state index < -0.39 is 5.91 Å². The molecule has 3 rings (SSSR count). The molecule has 2 heterocycles. The molecule has 0 aliphatic carbocycles. The lowest BCUT2D eigenvalue weighted by Gasteiger charge is -1.95. The van der Waals surface area contributed by atoms with E-state index in [1.807, 2.05) is 30.3 Å². The summed E-state index contributed by atoms with van der Waals surface area (Å²) in [6.07, 6.45) is 0.127. The molecule has 2 aromatic heterocycles. The molecule has 90 valence electrons. The summed E-state index contributed by atoms with van der Waals surface area (Å²) in [5.41, 5.74) is 6.08. The summed E-state index contributed by atoms with van der Waals surface area (Å²) in [4.78, 5) is 11.5. The monoisotopic (exact) mass is 259 g/mol. The van der Waals surface area contributed by atoms with Crippen LogP contribution in [-0.4, -0.2) is 25.7 Å². The maximum atomic E-state index is 10.9. The van der Waals surface area contributed by atoms with Gasteiger partial charge >= 0.3 is 0 Å². The normalized spacial score (nSPS) is 10.9. The highest BCUT2D eigenvalue weighted by atomic mass is 32.1. The van der Waals surface area contributed by atoms with Crippen molar-refractivity contribution in [1.29, 1.82) is 0 Å². The summed E-state index contributed by atoms with van der Waals surface area (Å²) in [6, 6.07) is 9.65. The first-order valence-corrected chi connectivity index (χ1v) is 6.10. The van der Waals surface area contributed by atoms with E-state index in [1.54, 1.807) is 4.52 Å². The Morgan fingerprint density at radius 3 is 2.78 bits per heavy atom. The quantitative estimate of drug-likeness (QED) is 0.756. The molecule has 3 aromatic rings. The predicted octanol–water partition coefficient (Wildman–Crippen LogP) is 0.881. The van der Waals surface area contributed by atoms with Crippen molar-refractivity contribution in [3.05, 3.63) is 35.3 Å². The van der Waals surface area contributed by atoms with Crippen LogP contribution >= 0.6 is 11.3 Å². The first-order chi connectivity index (χ1) is 8.74. The Morgan fingerprint density at radius 1 is 1.28 bits per heavy atom. The Kier molecular flexibility index (Phi) is 2.52. The van der Waals surface area contributed by atoms with E-state index >= 15 is 0 Å². The standard InChI is InChI=1S/C11H9N5OS/c12-8(17)6-9-15-16-10(13-14-11(16)18-9)7-4-2-1-3-5-7/h1-5H,6H2,(H2,12,17). The molecular weight excluding hydrogens is 250 g/mol. The number of nitrogens with zero attached hydrogens (tertiary/aromatic N) is 4. The zero-order chi connectivity index (χ0) is 12.5. The van der Waals surface area contributed by atoms with Crippen LogP contribution in [0.25, 0.3) is 16.3 Å². The van der Waals surface area contributed by atoms with Gasteiger partial charge in [0.2, 0.25) is 10.9 Å². The average molecular weight is 259 g/mol. The van der Waals surface area contributed by atoms with Crippen LogP contribution in [0, 0.1) is 0 Å². The van der Waals surface area contributed by atoms with Gasteiger partial charge in [-0.2, -0.15) is 9.61 Å². The van der Waals surface area contributed by atoms with Crippen LogP contribution < -0.4 is 5.73 Å². The SMILES string of the molecule is NC(=O)Cc1nn2c(-c3ccccc3)nnc2s1. The van der Waals surface area contributed by atoms with Gasteiger partial charge in [0.1, 0.15) is 5.01 Å². The summed E-state index contributed by atoms with van der Waals surface area (Å²) < 4.78 is 1.64. The average Bonchev–Trinajstić information content (AvgIpc) is 2.88. The molecule has 1 aromatic carbocycles. The highest BCUT2D eigenvalue weighted by molar-refractivity contribution is 7.16. The summed E-state index contributed by atoms with van der Waals surface area (Å²) in [5, 5.41) is 13.1. The summed E-state index contributed by atoms with van der Waals surface area (Å²) in [7, 11) is 0. The van der Waals surface area contributed by atoms with Gasteiger partial charge in [-0.15, -0.1) is 10.2 Å². The second-order valence-corrected chi connectivity index (χ2v) is 4.76. The fourth-order valence-corrected chi connectivity index (χ4v) is 2.49. The maximum Gasteiger partial charge on any atom is 0.234 e. The van der Waals surface area contributed by atoms with Gasteiger partial charge in [-0.05, 0) is 0 Å². The Morgan fingerprint density at radius 2 is 2.06 bits per heavy atom. The Hall–Kier alpha value is -2.28. The lowest BCUT2D eigenvalue weighted by Crippen LogP contribution is -2.13. The van der Waals surface area contributed by atoms with E-state index in [0.717, 1.165) is 5.56 Å². The zero-order valence-corrected chi connectivity index (χ0v) is 10.1. The van der Waals surface area contributed by atoms with Gasteiger partial charge in [0.15, 0.2) is 5.82 Å². The van der Waals surface area contributed by atoms with Crippen molar-refractivity contribution < 1.29 is 4.79 Å². The number of carbonyl (C=O) groups is 1. The number of hydrogen-bond acceptors (Lipinski definition) is 5. The van der Waals surface area contributed by atoms with Crippen molar-refractivity contribution in [2.45, 2.75) is 6.42 Å². The summed E-state index contributed by atoms with van der Waals surface area (Å²) >= 11 is 1.32. The van der Waals surface area contributed by atoms with Gasteiger partial charge < -0.3 is 5.73 Å². The molecule has 0 saturated carbocycles. The molecule has 0 aliphatic heterocycles. The van der Waals surface area contributed by atoms with Crippen molar-refractivity contribution in [3.63, 3.8) is 0 Å². The molecule has 1 amide bonds. The van der Waals surface area contributed by atoms with Crippen molar-refractivity contribution in [1.82, 2.24) is 19.8 Å². The minimum Gasteiger partial charge on any atom is -0.369 e. The van der Waals surface area contributed by atoms with Crippen molar-refractivity contribution >= 4 is 22.2 Å². The molecule has 18 heavy (non-hydrogen) atoms. The third kappa shape index (κ3) is 1.84. The van der Waals surface area contributed by atoms with Gasteiger partial charge in [0, 0.05) is 5.56 Å². The minimum atomic E-state index is -0.402. The van der Waals surface area contributed by atoms with Crippen LogP contribution in [0.1, 0.15) is 5.01 Å². The van der Waals surface area contributed by atoms with E-state index in [-0.39, 0.29) is 6.42 Å². The number of rotatable bonds is 3. The van der Waals surface area contributed by atoms with Crippen LogP contribution in [0.2, 0.25) is 0 Å². The first kappa shape index (κ1) is 10.8. The van der Waals surface area contributed by atoms with E-state index in [9.17, 15) is 4.79 Å². The molecule has 0 spiro atoms. The molecule has 0 atom stereocenters. The highest BCUT2D eigenvalue weighted by Gasteiger charge is 2.13. The second-order valence-electron chi connectivity index (χ2n) is 3.72. The number of benzene rings is 1. The lowest BCUT2D eigenvalue weighted by molar-refractivity contribution is -0.117. The molecule has 0 unspecified atom stereocenters. The molecule has 7 heteroatoms. The van der Waals surface area contributed by atoms with Crippen LogP contribution in [-0.2, 0) is 11.2 Å². The lowest BCUT2D eigenvalue weighted by atomic mass is 10.2. The van der Waals surface area contributed by atoms with Gasteiger partial charge in [0.05, 0.1) is 6.42 Å². The summed E-state index contributed by atoms with van der Waals surface area (Å²) in [5.74, 6) is 0.263. The molecule has 0 aliphatic rings. The number of aromatic nitrogens is 4. The van der Waals surface area contributed by atoms with Crippen LogP contribution in [0.5, 0.6) is 0 Å². The van der Waals surface area contributed by atoms with Gasteiger partial charge in [-0.1, -0.05) is 41.7 Å². The Bertz CT molecular complexity index is 703. The fraction of sp³-hybridized carbons (Fsp3) is 0.0909. The molecule has 0 bridgehead atoms. The molecular formula is C11H9N5OS. The molecule has 0 radical (unpaired) electrons. The molecule has 0 fully saturated rings. The highest BCUT2D eigenvalue weighted by Crippen LogP contribution is 2.21. The van der Waals surface area contributed by atoms with Gasteiger partial charge in [-0.3, -0.25) is 4.79 Å². The number of primary amides is 1. The van der Waals surface area contributed by atoms with E-state index in [2.05, 4.69) is 15.3 Å². The number of fused-ring (bicyclic) bond motifs is 1. The van der Waals surface area contributed by atoms with E-state index in [0.29, 0.717) is 15.8 Å². The summed E-state index contributed by atoms with van der Waals surface area (Å²) in [6.45, 7) is 0. The largest absolute Gasteiger partial charge is 0.369 e. The Balaban J connectivity index is 2.08. The number of carbonyl (C=O) groups excluding carboxylic acids is 1. The van der Waals surface area contributed by atoms with Crippen molar-refractivity contribution in [2.75, 3.05) is 0 Å². The van der Waals surface area contributed by atoms with Crippen LogP contribution in [0.15, 0.2) is 30.3 Å². The molecule has 6 nitrogen and oxygen atoms in total. The number of nitrogens with two attached hydrogens (primary N) is 1. The fourth-order valence-electron chi connectivity index (χ4n) is 1.64. The smallest absolute Gasteiger partial charge is 0.234 e. The third-order valence-corrected chi connectivity index (χ3v) is 3.29. The number of amides is 1. The Labute approximate surface area is 106 Å². The van der Waals surface area contributed by atoms with Crippen molar-refractivity contribution in [3.8, 4) is 11.4 Å². The molecule has 2 N–H and O–H groups in total. The maximum absolute atomic E-state index is 10.9. The van der Waals surface area contributed by atoms with Gasteiger partial charge in [-0.25, -0.2) is 0 Å². The zero-order valence-electron chi connectivity index (χ0n) is 9.28. The van der Waals surface area contributed by atoms with Crippen molar-refractivity contribution in [2.24, 2.45) is 5.73 Å². The predicted molar refractivity (Wildman–Crippen MR) is 67.0 cm³/mol.